The quantitative estimate of drug-likeness (QED) is 0.609. The van der Waals surface area contributed by atoms with Crippen LogP contribution in [-0.2, 0) is 4.79 Å². The van der Waals surface area contributed by atoms with Crippen molar-refractivity contribution in [2.45, 2.75) is 31.1 Å². The van der Waals surface area contributed by atoms with Gasteiger partial charge in [-0.2, -0.15) is 0 Å². The number of aliphatic hydroxyl groups excluding tert-OH is 2. The lowest BCUT2D eigenvalue weighted by Gasteiger charge is -2.20. The third kappa shape index (κ3) is 2.48. The summed E-state index contributed by atoms with van der Waals surface area (Å²) < 4.78 is 0. The fourth-order valence-corrected chi connectivity index (χ4v) is 1.94. The molecule has 2 fully saturated rings. The zero-order valence-corrected chi connectivity index (χ0v) is 8.96. The van der Waals surface area contributed by atoms with Crippen LogP contribution in [-0.4, -0.2) is 70.9 Å². The minimum Gasteiger partial charge on any atom is -0.389 e. The molecule has 5 nitrogen and oxygen atoms in total. The predicted octanol–water partition coefficient (Wildman–Crippen LogP) is -1.36. The molecule has 15 heavy (non-hydrogen) atoms. The van der Waals surface area contributed by atoms with E-state index < -0.39 is 12.2 Å². The number of likely N-dealkylation sites (N-methyl/N-ethyl adjacent to an activating group) is 1. The maximum Gasteiger partial charge on any atom is 0.236 e. The standard InChI is InChI=1S/C10H18N2O3/c1-11(7-2-3-7)10(15)6-12-4-8(13)9(14)5-12/h7-9,13-14H,2-6H2,1H3/t8-,9+. The van der Waals surface area contributed by atoms with Crippen LogP contribution in [0.2, 0.25) is 0 Å². The highest BCUT2D eigenvalue weighted by atomic mass is 16.3. The maximum absolute atomic E-state index is 11.7. The molecule has 0 spiro atoms. The number of nitrogens with zero attached hydrogens (tertiary/aromatic N) is 2. The van der Waals surface area contributed by atoms with Gasteiger partial charge in [-0.3, -0.25) is 9.69 Å². The number of likely N-dealkylation sites (tertiary alicyclic amines) is 1. The van der Waals surface area contributed by atoms with E-state index in [4.69, 9.17) is 0 Å². The van der Waals surface area contributed by atoms with Crippen molar-refractivity contribution < 1.29 is 15.0 Å². The van der Waals surface area contributed by atoms with Gasteiger partial charge < -0.3 is 15.1 Å². The number of rotatable bonds is 3. The molecular formula is C10H18N2O3. The Bertz CT molecular complexity index is 245. The summed E-state index contributed by atoms with van der Waals surface area (Å²) in [6.45, 7) is 1.10. The predicted molar refractivity (Wildman–Crippen MR) is 54.2 cm³/mol. The lowest BCUT2D eigenvalue weighted by atomic mass is 10.3. The van der Waals surface area contributed by atoms with Gasteiger partial charge in [0.25, 0.3) is 0 Å². The highest BCUT2D eigenvalue weighted by Gasteiger charge is 2.34. The van der Waals surface area contributed by atoms with Crippen LogP contribution in [0.5, 0.6) is 0 Å². The summed E-state index contributed by atoms with van der Waals surface area (Å²) in [7, 11) is 1.82. The van der Waals surface area contributed by atoms with Crippen LogP contribution in [0.4, 0.5) is 0 Å². The molecule has 1 saturated heterocycles. The Kier molecular flexibility index (Phi) is 2.95. The van der Waals surface area contributed by atoms with Crippen molar-refractivity contribution in [3.63, 3.8) is 0 Å². The molecular weight excluding hydrogens is 196 g/mol. The van der Waals surface area contributed by atoms with Gasteiger partial charge in [0.1, 0.15) is 0 Å². The van der Waals surface area contributed by atoms with Crippen molar-refractivity contribution in [3.8, 4) is 0 Å². The van der Waals surface area contributed by atoms with Crippen LogP contribution in [0.15, 0.2) is 0 Å². The number of β-amino-alcohol motifs (C(OH)–C–C–N with tert-alkyl or cyclic N) is 2. The average Bonchev–Trinajstić information content (AvgIpc) is 2.95. The monoisotopic (exact) mass is 214 g/mol. The van der Waals surface area contributed by atoms with Crippen molar-refractivity contribution in [3.05, 3.63) is 0 Å². The summed E-state index contributed by atoms with van der Waals surface area (Å²) in [4.78, 5) is 15.3. The zero-order chi connectivity index (χ0) is 11.0. The van der Waals surface area contributed by atoms with Gasteiger partial charge in [-0.1, -0.05) is 0 Å². The summed E-state index contributed by atoms with van der Waals surface area (Å²) in [5.74, 6) is 0.0822. The topological polar surface area (TPSA) is 64.0 Å². The molecule has 1 aliphatic carbocycles. The molecule has 1 saturated carbocycles. The molecule has 0 unspecified atom stereocenters. The van der Waals surface area contributed by atoms with Crippen LogP contribution >= 0.6 is 0 Å². The summed E-state index contributed by atoms with van der Waals surface area (Å²) in [6.07, 6.45) is 0.800. The minimum atomic E-state index is -0.705. The minimum absolute atomic E-state index is 0.0822. The van der Waals surface area contributed by atoms with Gasteiger partial charge in [0.05, 0.1) is 18.8 Å². The first kappa shape index (κ1) is 10.9. The SMILES string of the molecule is CN(C(=O)CN1C[C@@H](O)[C@@H](O)C1)C1CC1. The van der Waals surface area contributed by atoms with Gasteiger partial charge in [0.15, 0.2) is 0 Å². The molecule has 2 atom stereocenters. The van der Waals surface area contributed by atoms with Crippen LogP contribution in [0, 0.1) is 0 Å². The molecule has 1 amide bonds. The fourth-order valence-electron chi connectivity index (χ4n) is 1.94. The Morgan fingerprint density at radius 2 is 1.87 bits per heavy atom. The zero-order valence-electron chi connectivity index (χ0n) is 8.96. The van der Waals surface area contributed by atoms with E-state index in [-0.39, 0.29) is 5.91 Å². The average molecular weight is 214 g/mol. The molecule has 0 aromatic carbocycles. The molecule has 1 aliphatic heterocycles. The van der Waals surface area contributed by atoms with Gasteiger partial charge in [-0.25, -0.2) is 0 Å². The second-order valence-electron chi connectivity index (χ2n) is 4.56. The van der Waals surface area contributed by atoms with E-state index in [1.807, 2.05) is 7.05 Å². The van der Waals surface area contributed by atoms with E-state index in [9.17, 15) is 15.0 Å². The molecule has 1 heterocycles. The Labute approximate surface area is 89.3 Å². The van der Waals surface area contributed by atoms with Crippen molar-refractivity contribution in [1.29, 1.82) is 0 Å². The Morgan fingerprint density at radius 1 is 1.33 bits per heavy atom. The second-order valence-corrected chi connectivity index (χ2v) is 4.56. The Hall–Kier alpha value is -0.650. The van der Waals surface area contributed by atoms with E-state index >= 15 is 0 Å². The highest BCUT2D eigenvalue weighted by Crippen LogP contribution is 2.25. The first-order valence-corrected chi connectivity index (χ1v) is 5.42. The summed E-state index contributed by atoms with van der Waals surface area (Å²) in [5, 5.41) is 18.6. The van der Waals surface area contributed by atoms with Gasteiger partial charge in [-0.15, -0.1) is 0 Å². The summed E-state index contributed by atoms with van der Waals surface area (Å²) >= 11 is 0. The number of hydrogen-bond donors (Lipinski definition) is 2. The number of aliphatic hydroxyl groups is 2. The van der Waals surface area contributed by atoms with Crippen molar-refractivity contribution in [1.82, 2.24) is 9.80 Å². The maximum atomic E-state index is 11.7. The van der Waals surface area contributed by atoms with Crippen LogP contribution in [0.3, 0.4) is 0 Å². The first-order valence-electron chi connectivity index (χ1n) is 5.42. The number of carbonyl (C=O) groups excluding carboxylic acids is 1. The van der Waals surface area contributed by atoms with Crippen LogP contribution in [0.1, 0.15) is 12.8 Å². The molecule has 5 heteroatoms. The lowest BCUT2D eigenvalue weighted by Crippen LogP contribution is -2.38. The Morgan fingerprint density at radius 3 is 2.33 bits per heavy atom. The van der Waals surface area contributed by atoms with E-state index in [2.05, 4.69) is 0 Å². The van der Waals surface area contributed by atoms with E-state index in [0.717, 1.165) is 12.8 Å². The van der Waals surface area contributed by atoms with Gasteiger partial charge >= 0.3 is 0 Å². The first-order chi connectivity index (χ1) is 7.08. The van der Waals surface area contributed by atoms with E-state index in [1.165, 1.54) is 0 Å². The van der Waals surface area contributed by atoms with Crippen molar-refractivity contribution in [2.75, 3.05) is 26.7 Å². The largest absolute Gasteiger partial charge is 0.389 e. The number of amides is 1. The number of carbonyl (C=O) groups is 1. The van der Waals surface area contributed by atoms with Gasteiger partial charge in [-0.05, 0) is 12.8 Å². The van der Waals surface area contributed by atoms with E-state index in [1.54, 1.807) is 9.80 Å². The molecule has 2 aliphatic rings. The van der Waals surface area contributed by atoms with E-state index in [0.29, 0.717) is 25.7 Å². The highest BCUT2D eigenvalue weighted by molar-refractivity contribution is 5.78. The van der Waals surface area contributed by atoms with Crippen molar-refractivity contribution >= 4 is 5.91 Å². The molecule has 0 bridgehead atoms. The molecule has 2 N–H and O–H groups in total. The molecule has 0 radical (unpaired) electrons. The van der Waals surface area contributed by atoms with Crippen LogP contribution < -0.4 is 0 Å². The third-order valence-electron chi connectivity index (χ3n) is 3.18. The molecule has 2 rings (SSSR count). The molecule has 0 aromatic heterocycles. The number of hydrogen-bond acceptors (Lipinski definition) is 4. The lowest BCUT2D eigenvalue weighted by molar-refractivity contribution is -0.131. The summed E-state index contributed by atoms with van der Waals surface area (Å²) in [5.41, 5.74) is 0. The normalized spacial score (nSPS) is 31.9. The third-order valence-corrected chi connectivity index (χ3v) is 3.18. The summed E-state index contributed by atoms with van der Waals surface area (Å²) in [6, 6.07) is 0.426. The molecule has 86 valence electrons. The van der Waals surface area contributed by atoms with Gasteiger partial charge in [0.2, 0.25) is 5.91 Å². The van der Waals surface area contributed by atoms with Gasteiger partial charge in [0, 0.05) is 26.2 Å². The molecule has 0 aromatic rings. The smallest absolute Gasteiger partial charge is 0.236 e. The van der Waals surface area contributed by atoms with Crippen LogP contribution in [0.25, 0.3) is 0 Å². The Balaban J connectivity index is 1.79. The fraction of sp³-hybridized carbons (Fsp3) is 0.900. The van der Waals surface area contributed by atoms with Crippen molar-refractivity contribution in [2.24, 2.45) is 0 Å². The second kappa shape index (κ2) is 4.08.